The van der Waals surface area contributed by atoms with E-state index in [9.17, 15) is 0 Å². The van der Waals surface area contributed by atoms with E-state index in [1.807, 2.05) is 53.4 Å². The quantitative estimate of drug-likeness (QED) is 0.482. The number of aryl methyl sites for hydroxylation is 3. The van der Waals surface area contributed by atoms with Crippen LogP contribution in [0.2, 0.25) is 0 Å². The van der Waals surface area contributed by atoms with Gasteiger partial charge in [0.25, 0.3) is 0 Å². The maximum atomic E-state index is 4.24. The first-order chi connectivity index (χ1) is 12.2. The standard InChI is InChI=1S/C15H24N10.Cu/c1-4-23-10-13(16-19-23)7-22(8-14-11-24(5-2)20-17-14)9-15-12-25(6-3)21-18-15;/h10-12H,4-9H2,1-3H3;. The number of hydrogen-bond acceptors (Lipinski definition) is 7. The minimum atomic E-state index is 0. The molecule has 26 heavy (non-hydrogen) atoms. The summed E-state index contributed by atoms with van der Waals surface area (Å²) >= 11 is 0. The van der Waals surface area contributed by atoms with Crippen LogP contribution in [0.1, 0.15) is 37.9 Å². The van der Waals surface area contributed by atoms with Crippen LogP contribution in [0.5, 0.6) is 0 Å². The fourth-order valence-electron chi connectivity index (χ4n) is 2.55. The summed E-state index contributed by atoms with van der Waals surface area (Å²) in [5, 5.41) is 25.1. The van der Waals surface area contributed by atoms with Gasteiger partial charge in [0.2, 0.25) is 0 Å². The fraction of sp³-hybridized carbons (Fsp3) is 0.600. The van der Waals surface area contributed by atoms with Crippen molar-refractivity contribution in [2.45, 2.75) is 60.0 Å². The second-order valence-electron chi connectivity index (χ2n) is 5.84. The largest absolute Gasteiger partial charge is 0.285 e. The average molecular weight is 408 g/mol. The molecule has 0 aliphatic heterocycles. The van der Waals surface area contributed by atoms with Crippen LogP contribution in [0.15, 0.2) is 18.6 Å². The van der Waals surface area contributed by atoms with Crippen LogP contribution in [0.25, 0.3) is 0 Å². The normalized spacial score (nSPS) is 11.1. The van der Waals surface area contributed by atoms with Crippen molar-refractivity contribution in [1.82, 2.24) is 49.9 Å². The molecule has 0 fully saturated rings. The van der Waals surface area contributed by atoms with E-state index in [2.05, 4.69) is 35.8 Å². The molecule has 0 saturated carbocycles. The van der Waals surface area contributed by atoms with Crippen molar-refractivity contribution >= 4 is 0 Å². The Morgan fingerprint density at radius 3 is 1.19 bits per heavy atom. The minimum Gasteiger partial charge on any atom is -0.285 e. The zero-order valence-corrected chi connectivity index (χ0v) is 16.2. The summed E-state index contributed by atoms with van der Waals surface area (Å²) in [7, 11) is 0. The van der Waals surface area contributed by atoms with E-state index in [1.54, 1.807) is 0 Å². The molecule has 3 aromatic rings. The van der Waals surface area contributed by atoms with Crippen LogP contribution in [-0.4, -0.2) is 49.9 Å². The van der Waals surface area contributed by atoms with Gasteiger partial charge < -0.3 is 0 Å². The van der Waals surface area contributed by atoms with Crippen molar-refractivity contribution in [2.24, 2.45) is 0 Å². The first kappa shape index (κ1) is 20.2. The summed E-state index contributed by atoms with van der Waals surface area (Å²) in [6.45, 7) is 10.6. The van der Waals surface area contributed by atoms with Gasteiger partial charge in [-0.3, -0.25) is 18.9 Å². The Bertz CT molecular complexity index is 687. The van der Waals surface area contributed by atoms with E-state index in [4.69, 9.17) is 0 Å². The van der Waals surface area contributed by atoms with Crippen molar-refractivity contribution < 1.29 is 17.1 Å². The van der Waals surface area contributed by atoms with Crippen molar-refractivity contribution in [3.63, 3.8) is 0 Å². The summed E-state index contributed by atoms with van der Waals surface area (Å²) in [5.41, 5.74) is 2.77. The molecule has 0 atom stereocenters. The molecule has 0 aliphatic carbocycles. The molecule has 0 aromatic carbocycles. The Labute approximate surface area is 163 Å². The minimum absolute atomic E-state index is 0. The van der Waals surface area contributed by atoms with Crippen LogP contribution in [0.3, 0.4) is 0 Å². The van der Waals surface area contributed by atoms with Crippen molar-refractivity contribution in [3.05, 3.63) is 35.7 Å². The maximum Gasteiger partial charge on any atom is 0.0967 e. The first-order valence-corrected chi connectivity index (χ1v) is 8.59. The summed E-state index contributed by atoms with van der Waals surface area (Å²) in [4.78, 5) is 2.22. The summed E-state index contributed by atoms with van der Waals surface area (Å²) < 4.78 is 5.48. The monoisotopic (exact) mass is 407 g/mol. The molecular weight excluding hydrogens is 384 g/mol. The van der Waals surface area contributed by atoms with E-state index in [0.29, 0.717) is 19.6 Å². The molecule has 0 unspecified atom stereocenters. The molecular formula is C15H24CuN10. The second-order valence-corrected chi connectivity index (χ2v) is 5.84. The Morgan fingerprint density at radius 2 is 0.962 bits per heavy atom. The first-order valence-electron chi connectivity index (χ1n) is 8.59. The molecule has 0 spiro atoms. The van der Waals surface area contributed by atoms with E-state index in [1.165, 1.54) is 0 Å². The molecule has 3 rings (SSSR count). The number of hydrogen-bond donors (Lipinski definition) is 0. The Hall–Kier alpha value is -2.10. The third-order valence-electron chi connectivity index (χ3n) is 3.89. The number of aromatic nitrogens is 9. The molecule has 0 N–H and O–H groups in total. The van der Waals surface area contributed by atoms with Crippen LogP contribution >= 0.6 is 0 Å². The maximum absolute atomic E-state index is 4.24. The molecule has 3 aromatic heterocycles. The van der Waals surface area contributed by atoms with Gasteiger partial charge in [-0.15, -0.1) is 15.3 Å². The van der Waals surface area contributed by atoms with Crippen LogP contribution in [0.4, 0.5) is 0 Å². The SMILES string of the molecule is CCn1cc(CN(Cc2cn(CC)nn2)Cc2cn(CC)nn2)nn1.[Cu]. The Kier molecular flexibility index (Phi) is 7.43. The third kappa shape index (κ3) is 5.20. The fourth-order valence-corrected chi connectivity index (χ4v) is 2.55. The smallest absolute Gasteiger partial charge is 0.0967 e. The van der Waals surface area contributed by atoms with Crippen LogP contribution in [-0.2, 0) is 56.3 Å². The molecule has 145 valence electrons. The zero-order valence-electron chi connectivity index (χ0n) is 15.2. The van der Waals surface area contributed by atoms with Crippen molar-refractivity contribution in [3.8, 4) is 0 Å². The van der Waals surface area contributed by atoms with Gasteiger partial charge in [-0.2, -0.15) is 0 Å². The number of nitrogens with zero attached hydrogens (tertiary/aromatic N) is 10. The van der Waals surface area contributed by atoms with Gasteiger partial charge in [0.05, 0.1) is 17.1 Å². The van der Waals surface area contributed by atoms with Crippen molar-refractivity contribution in [2.75, 3.05) is 0 Å². The predicted octanol–water partition coefficient (Wildman–Crippen LogP) is 0.721. The van der Waals surface area contributed by atoms with E-state index >= 15 is 0 Å². The Morgan fingerprint density at radius 1 is 0.654 bits per heavy atom. The predicted molar refractivity (Wildman–Crippen MR) is 90.0 cm³/mol. The zero-order chi connectivity index (χ0) is 17.6. The second kappa shape index (κ2) is 9.56. The topological polar surface area (TPSA) is 95.4 Å². The average Bonchev–Trinajstić information content (AvgIpc) is 3.35. The molecule has 0 amide bonds. The molecule has 3 heterocycles. The van der Waals surface area contributed by atoms with E-state index < -0.39 is 0 Å². The van der Waals surface area contributed by atoms with Crippen LogP contribution < -0.4 is 0 Å². The molecule has 0 saturated heterocycles. The molecule has 10 nitrogen and oxygen atoms in total. The molecule has 0 bridgehead atoms. The van der Waals surface area contributed by atoms with Gasteiger partial charge in [0.1, 0.15) is 0 Å². The van der Waals surface area contributed by atoms with Crippen molar-refractivity contribution in [1.29, 1.82) is 0 Å². The molecule has 0 aliphatic rings. The van der Waals surface area contributed by atoms with Gasteiger partial charge >= 0.3 is 0 Å². The van der Waals surface area contributed by atoms with E-state index in [-0.39, 0.29) is 17.1 Å². The van der Waals surface area contributed by atoms with Gasteiger partial charge in [0.15, 0.2) is 0 Å². The summed E-state index contributed by atoms with van der Waals surface area (Å²) in [6.07, 6.45) is 5.91. The van der Waals surface area contributed by atoms with Gasteiger partial charge in [-0.05, 0) is 20.8 Å². The summed E-state index contributed by atoms with van der Waals surface area (Å²) in [5.74, 6) is 0. The summed E-state index contributed by atoms with van der Waals surface area (Å²) in [6, 6.07) is 0. The van der Waals surface area contributed by atoms with Gasteiger partial charge in [0, 0.05) is 74.9 Å². The molecule has 1 radical (unpaired) electrons. The van der Waals surface area contributed by atoms with E-state index in [0.717, 1.165) is 36.7 Å². The van der Waals surface area contributed by atoms with Crippen LogP contribution in [0, 0.1) is 0 Å². The van der Waals surface area contributed by atoms with Gasteiger partial charge in [-0.1, -0.05) is 15.6 Å². The third-order valence-corrected chi connectivity index (χ3v) is 3.89. The number of rotatable bonds is 9. The Balaban J connectivity index is 0.00000243. The molecule has 11 heteroatoms. The van der Waals surface area contributed by atoms with Gasteiger partial charge in [-0.25, -0.2) is 0 Å².